The van der Waals surface area contributed by atoms with Crippen molar-refractivity contribution in [3.63, 3.8) is 0 Å². The van der Waals surface area contributed by atoms with E-state index in [1.807, 2.05) is 18.2 Å². The third-order valence-electron chi connectivity index (χ3n) is 3.04. The number of rotatable bonds is 5. The number of ether oxygens (including phenoxy) is 1. The van der Waals surface area contributed by atoms with Gasteiger partial charge >= 0.3 is 0 Å². The van der Waals surface area contributed by atoms with Gasteiger partial charge in [-0.1, -0.05) is 24.3 Å². The SMILES string of the molecule is CNC(=O)c1cccc(NC(=O)[C@H](C)Oc2ccccc2)c1. The molecule has 0 fully saturated rings. The van der Waals surface area contributed by atoms with Gasteiger partial charge in [0.2, 0.25) is 0 Å². The Morgan fingerprint density at radius 1 is 1.05 bits per heavy atom. The molecule has 0 radical (unpaired) electrons. The summed E-state index contributed by atoms with van der Waals surface area (Å²) in [6.07, 6.45) is -0.647. The van der Waals surface area contributed by atoms with Gasteiger partial charge in [-0.15, -0.1) is 0 Å². The first-order valence-corrected chi connectivity index (χ1v) is 6.95. The number of carbonyl (C=O) groups is 2. The lowest BCUT2D eigenvalue weighted by Crippen LogP contribution is -2.30. The summed E-state index contributed by atoms with van der Waals surface area (Å²) in [6.45, 7) is 1.67. The lowest BCUT2D eigenvalue weighted by Gasteiger charge is -2.15. The van der Waals surface area contributed by atoms with Gasteiger partial charge in [0, 0.05) is 18.3 Å². The quantitative estimate of drug-likeness (QED) is 0.891. The Labute approximate surface area is 129 Å². The molecule has 0 saturated carbocycles. The molecule has 0 spiro atoms. The van der Waals surface area contributed by atoms with Crippen LogP contribution in [0.15, 0.2) is 54.6 Å². The third kappa shape index (κ3) is 4.09. The molecular weight excluding hydrogens is 280 g/mol. The molecule has 2 amide bonds. The highest BCUT2D eigenvalue weighted by molar-refractivity contribution is 5.98. The number of benzene rings is 2. The van der Waals surface area contributed by atoms with E-state index in [0.29, 0.717) is 17.0 Å². The summed E-state index contributed by atoms with van der Waals surface area (Å²) in [7, 11) is 1.56. The van der Waals surface area contributed by atoms with Crippen molar-refractivity contribution in [1.29, 1.82) is 0 Å². The van der Waals surface area contributed by atoms with E-state index in [-0.39, 0.29) is 11.8 Å². The molecule has 2 aromatic rings. The van der Waals surface area contributed by atoms with Crippen molar-refractivity contribution in [1.82, 2.24) is 5.32 Å². The molecule has 2 aromatic carbocycles. The summed E-state index contributed by atoms with van der Waals surface area (Å²) in [5, 5.41) is 5.28. The second-order valence-corrected chi connectivity index (χ2v) is 4.72. The van der Waals surface area contributed by atoms with E-state index in [2.05, 4.69) is 10.6 Å². The molecule has 114 valence electrons. The van der Waals surface area contributed by atoms with E-state index in [4.69, 9.17) is 4.74 Å². The van der Waals surface area contributed by atoms with Crippen molar-refractivity contribution in [2.24, 2.45) is 0 Å². The number of amides is 2. The van der Waals surface area contributed by atoms with Gasteiger partial charge in [-0.2, -0.15) is 0 Å². The molecule has 5 heteroatoms. The van der Waals surface area contributed by atoms with E-state index in [1.54, 1.807) is 50.4 Å². The van der Waals surface area contributed by atoms with Gasteiger partial charge in [-0.05, 0) is 37.3 Å². The molecule has 5 nitrogen and oxygen atoms in total. The van der Waals surface area contributed by atoms with Gasteiger partial charge in [-0.3, -0.25) is 9.59 Å². The molecule has 1 atom stereocenters. The first kappa shape index (κ1) is 15.6. The maximum absolute atomic E-state index is 12.1. The summed E-state index contributed by atoms with van der Waals surface area (Å²) < 4.78 is 5.56. The Morgan fingerprint density at radius 2 is 1.77 bits per heavy atom. The monoisotopic (exact) mass is 298 g/mol. The minimum atomic E-state index is -0.647. The van der Waals surface area contributed by atoms with Crippen molar-refractivity contribution in [2.45, 2.75) is 13.0 Å². The summed E-state index contributed by atoms with van der Waals surface area (Å²) >= 11 is 0. The van der Waals surface area contributed by atoms with E-state index >= 15 is 0 Å². The predicted molar refractivity (Wildman–Crippen MR) is 85.0 cm³/mol. The van der Waals surface area contributed by atoms with E-state index < -0.39 is 6.10 Å². The van der Waals surface area contributed by atoms with Crippen LogP contribution >= 0.6 is 0 Å². The fourth-order valence-electron chi connectivity index (χ4n) is 1.88. The Hall–Kier alpha value is -2.82. The molecule has 2 rings (SSSR count). The van der Waals surface area contributed by atoms with Crippen LogP contribution in [0.2, 0.25) is 0 Å². The molecule has 0 unspecified atom stereocenters. The first-order valence-electron chi connectivity index (χ1n) is 6.95. The van der Waals surface area contributed by atoms with E-state index in [1.165, 1.54) is 0 Å². The number of anilines is 1. The summed E-state index contributed by atoms with van der Waals surface area (Å²) in [5.74, 6) is 0.145. The first-order chi connectivity index (χ1) is 10.6. The Morgan fingerprint density at radius 3 is 2.45 bits per heavy atom. The number of nitrogens with one attached hydrogen (secondary N) is 2. The van der Waals surface area contributed by atoms with Crippen molar-refractivity contribution >= 4 is 17.5 Å². The molecule has 0 aliphatic heterocycles. The molecule has 0 aliphatic rings. The number of carbonyl (C=O) groups excluding carboxylic acids is 2. The highest BCUT2D eigenvalue weighted by Gasteiger charge is 2.15. The van der Waals surface area contributed by atoms with Crippen LogP contribution in [0, 0.1) is 0 Å². The molecule has 0 bridgehead atoms. The fourth-order valence-corrected chi connectivity index (χ4v) is 1.88. The maximum atomic E-state index is 12.1. The molecule has 22 heavy (non-hydrogen) atoms. The molecule has 0 saturated heterocycles. The van der Waals surface area contributed by atoms with Crippen molar-refractivity contribution in [3.8, 4) is 5.75 Å². The van der Waals surface area contributed by atoms with Gasteiger partial charge in [-0.25, -0.2) is 0 Å². The molecule has 0 aliphatic carbocycles. The smallest absolute Gasteiger partial charge is 0.265 e. The predicted octanol–water partition coefficient (Wildman–Crippen LogP) is 2.45. The lowest BCUT2D eigenvalue weighted by atomic mass is 10.2. The number of hydrogen-bond acceptors (Lipinski definition) is 3. The minimum Gasteiger partial charge on any atom is -0.481 e. The van der Waals surface area contributed by atoms with Crippen molar-refractivity contribution in [2.75, 3.05) is 12.4 Å². The summed E-state index contributed by atoms with van der Waals surface area (Å²) in [5.41, 5.74) is 1.03. The maximum Gasteiger partial charge on any atom is 0.265 e. The molecule has 0 aromatic heterocycles. The molecular formula is C17H18N2O3. The van der Waals surface area contributed by atoms with Crippen molar-refractivity contribution in [3.05, 3.63) is 60.2 Å². The molecule has 0 heterocycles. The highest BCUT2D eigenvalue weighted by Crippen LogP contribution is 2.14. The standard InChI is InChI=1S/C17H18N2O3/c1-12(22-15-9-4-3-5-10-15)16(20)19-14-8-6-7-13(11-14)17(21)18-2/h3-12H,1-2H3,(H,18,21)(H,19,20)/t12-/m0/s1. The van der Waals surface area contributed by atoms with Crippen LogP contribution in [0.3, 0.4) is 0 Å². The lowest BCUT2D eigenvalue weighted by molar-refractivity contribution is -0.122. The Kier molecular flexibility index (Phi) is 5.14. The van der Waals surface area contributed by atoms with E-state index in [0.717, 1.165) is 0 Å². The Balaban J connectivity index is 2.01. The minimum absolute atomic E-state index is 0.204. The number of para-hydroxylation sites is 1. The van der Waals surface area contributed by atoms with Crippen LogP contribution in [0.25, 0.3) is 0 Å². The zero-order valence-corrected chi connectivity index (χ0v) is 12.5. The van der Waals surface area contributed by atoms with E-state index in [9.17, 15) is 9.59 Å². The normalized spacial score (nSPS) is 11.4. The zero-order valence-electron chi connectivity index (χ0n) is 12.5. The van der Waals surface area contributed by atoms with Gasteiger partial charge in [0.1, 0.15) is 5.75 Å². The fraction of sp³-hybridized carbons (Fsp3) is 0.176. The van der Waals surface area contributed by atoms with Crippen LogP contribution in [0.4, 0.5) is 5.69 Å². The second-order valence-electron chi connectivity index (χ2n) is 4.72. The van der Waals surface area contributed by atoms with Crippen LogP contribution in [-0.2, 0) is 4.79 Å². The zero-order chi connectivity index (χ0) is 15.9. The van der Waals surface area contributed by atoms with Gasteiger partial charge in [0.05, 0.1) is 0 Å². The van der Waals surface area contributed by atoms with Crippen LogP contribution in [0.5, 0.6) is 5.75 Å². The highest BCUT2D eigenvalue weighted by atomic mass is 16.5. The van der Waals surface area contributed by atoms with Gasteiger partial charge in [0.15, 0.2) is 6.10 Å². The number of hydrogen-bond donors (Lipinski definition) is 2. The average molecular weight is 298 g/mol. The van der Waals surface area contributed by atoms with Crippen molar-refractivity contribution < 1.29 is 14.3 Å². The topological polar surface area (TPSA) is 67.4 Å². The van der Waals surface area contributed by atoms with Crippen LogP contribution in [0.1, 0.15) is 17.3 Å². The average Bonchev–Trinajstić information content (AvgIpc) is 2.55. The largest absolute Gasteiger partial charge is 0.481 e. The summed E-state index contributed by atoms with van der Waals surface area (Å²) in [6, 6.07) is 15.9. The summed E-state index contributed by atoms with van der Waals surface area (Å²) in [4.78, 5) is 23.7. The Bertz CT molecular complexity index is 656. The molecule has 2 N–H and O–H groups in total. The van der Waals surface area contributed by atoms with Gasteiger partial charge in [0.25, 0.3) is 11.8 Å². The van der Waals surface area contributed by atoms with Gasteiger partial charge < -0.3 is 15.4 Å². The third-order valence-corrected chi connectivity index (χ3v) is 3.04. The van der Waals surface area contributed by atoms with Crippen LogP contribution < -0.4 is 15.4 Å². The van der Waals surface area contributed by atoms with Crippen LogP contribution in [-0.4, -0.2) is 25.0 Å². The second kappa shape index (κ2) is 7.26.